The summed E-state index contributed by atoms with van der Waals surface area (Å²) < 4.78 is 28.3. The Hall–Kier alpha value is -1.93. The van der Waals surface area contributed by atoms with Crippen LogP contribution in [0.4, 0.5) is 0 Å². The molecule has 0 aliphatic carbocycles. The Morgan fingerprint density at radius 2 is 2.10 bits per heavy atom. The molecule has 0 aromatic carbocycles. The lowest BCUT2D eigenvalue weighted by Crippen LogP contribution is -2.29. The highest BCUT2D eigenvalue weighted by molar-refractivity contribution is 7.89. The number of nitrogens with zero attached hydrogens (tertiary/aromatic N) is 2. The fourth-order valence-corrected chi connectivity index (χ4v) is 3.34. The molecule has 8 heteroatoms. The maximum Gasteiger partial charge on any atom is 0.254 e. The van der Waals surface area contributed by atoms with Gasteiger partial charge in [-0.2, -0.15) is 5.10 Å². The van der Waals surface area contributed by atoms with Crippen LogP contribution in [0.3, 0.4) is 0 Å². The van der Waals surface area contributed by atoms with E-state index in [0.717, 1.165) is 0 Å². The first-order valence-corrected chi connectivity index (χ1v) is 7.47. The van der Waals surface area contributed by atoms with Gasteiger partial charge < -0.3 is 4.57 Å². The fourth-order valence-electron chi connectivity index (χ4n) is 1.97. The number of rotatable bonds is 4. The van der Waals surface area contributed by atoms with E-state index in [0.29, 0.717) is 17.0 Å². The van der Waals surface area contributed by atoms with Gasteiger partial charge in [0.1, 0.15) is 4.90 Å². The second-order valence-corrected chi connectivity index (χ2v) is 6.24. The van der Waals surface area contributed by atoms with E-state index in [1.54, 1.807) is 39.2 Å². The summed E-state index contributed by atoms with van der Waals surface area (Å²) >= 11 is 0. The van der Waals surface area contributed by atoms with Gasteiger partial charge in [-0.3, -0.25) is 9.89 Å². The maximum absolute atomic E-state index is 12.2. The van der Waals surface area contributed by atoms with Gasteiger partial charge in [0.15, 0.2) is 0 Å². The zero-order valence-corrected chi connectivity index (χ0v) is 12.3. The Balaban J connectivity index is 2.27. The SMILES string of the molecule is Cc1n[nH]c(C)c1S(=O)(=O)NCc1cccn(C)c1=O. The predicted molar refractivity (Wildman–Crippen MR) is 73.8 cm³/mol. The van der Waals surface area contributed by atoms with Crippen LogP contribution in [0.5, 0.6) is 0 Å². The summed E-state index contributed by atoms with van der Waals surface area (Å²) in [4.78, 5) is 11.9. The van der Waals surface area contributed by atoms with E-state index < -0.39 is 10.0 Å². The van der Waals surface area contributed by atoms with Crippen molar-refractivity contribution in [3.8, 4) is 0 Å². The Labute approximate surface area is 116 Å². The molecule has 0 saturated carbocycles. The van der Waals surface area contributed by atoms with E-state index in [4.69, 9.17) is 0 Å². The lowest BCUT2D eigenvalue weighted by molar-refractivity contribution is 0.579. The number of hydrogen-bond acceptors (Lipinski definition) is 4. The summed E-state index contributed by atoms with van der Waals surface area (Å²) in [5.74, 6) is 0. The molecule has 2 aromatic heterocycles. The van der Waals surface area contributed by atoms with E-state index in [1.165, 1.54) is 4.57 Å². The average molecular weight is 296 g/mol. The van der Waals surface area contributed by atoms with Crippen LogP contribution in [0.15, 0.2) is 28.0 Å². The summed E-state index contributed by atoms with van der Waals surface area (Å²) in [6.07, 6.45) is 1.62. The maximum atomic E-state index is 12.2. The summed E-state index contributed by atoms with van der Waals surface area (Å²) in [5.41, 5.74) is 1.03. The van der Waals surface area contributed by atoms with E-state index in [2.05, 4.69) is 14.9 Å². The smallest absolute Gasteiger partial charge is 0.254 e. The van der Waals surface area contributed by atoms with E-state index >= 15 is 0 Å². The Morgan fingerprint density at radius 1 is 1.40 bits per heavy atom. The van der Waals surface area contributed by atoms with Crippen LogP contribution in [0.1, 0.15) is 17.0 Å². The highest BCUT2D eigenvalue weighted by Crippen LogP contribution is 2.16. The molecule has 0 amide bonds. The van der Waals surface area contributed by atoms with Crippen LogP contribution in [0.2, 0.25) is 0 Å². The minimum atomic E-state index is -3.70. The lowest BCUT2D eigenvalue weighted by Gasteiger charge is -2.07. The van der Waals surface area contributed by atoms with Crippen molar-refractivity contribution in [2.24, 2.45) is 7.05 Å². The molecular formula is C12H16N4O3S. The molecule has 2 N–H and O–H groups in total. The van der Waals surface area contributed by atoms with Gasteiger partial charge >= 0.3 is 0 Å². The van der Waals surface area contributed by atoms with Crippen molar-refractivity contribution in [3.63, 3.8) is 0 Å². The number of sulfonamides is 1. The van der Waals surface area contributed by atoms with Gasteiger partial charge in [0.05, 0.1) is 11.4 Å². The second-order valence-electron chi connectivity index (χ2n) is 4.54. The number of aromatic nitrogens is 3. The molecule has 2 heterocycles. The zero-order valence-electron chi connectivity index (χ0n) is 11.5. The molecule has 0 fully saturated rings. The van der Waals surface area contributed by atoms with Crippen LogP contribution in [0, 0.1) is 13.8 Å². The summed E-state index contributed by atoms with van der Waals surface area (Å²) in [6, 6.07) is 3.29. The third kappa shape index (κ3) is 2.66. The van der Waals surface area contributed by atoms with Gasteiger partial charge in [0.2, 0.25) is 10.0 Å². The molecule has 0 spiro atoms. The highest BCUT2D eigenvalue weighted by atomic mass is 32.2. The molecule has 0 aliphatic heterocycles. The van der Waals surface area contributed by atoms with E-state index in [9.17, 15) is 13.2 Å². The number of H-pyrrole nitrogens is 1. The summed E-state index contributed by atoms with van der Waals surface area (Å²) in [7, 11) is -2.08. The van der Waals surface area contributed by atoms with Gasteiger partial charge in [0, 0.05) is 25.4 Å². The average Bonchev–Trinajstić information content (AvgIpc) is 2.71. The number of hydrogen-bond donors (Lipinski definition) is 2. The number of nitrogens with one attached hydrogen (secondary N) is 2. The third-order valence-electron chi connectivity index (χ3n) is 2.98. The van der Waals surface area contributed by atoms with Crippen LogP contribution in [-0.4, -0.2) is 23.2 Å². The first-order chi connectivity index (χ1) is 9.33. The monoisotopic (exact) mass is 296 g/mol. The second kappa shape index (κ2) is 5.22. The topological polar surface area (TPSA) is 96.8 Å². The zero-order chi connectivity index (χ0) is 14.9. The number of aryl methyl sites for hydroxylation is 3. The molecule has 0 aliphatic rings. The summed E-state index contributed by atoms with van der Waals surface area (Å²) in [6.45, 7) is 3.19. The predicted octanol–water partition coefficient (Wildman–Crippen LogP) is 0.204. The standard InChI is InChI=1S/C12H16N4O3S/c1-8-11(9(2)15-14-8)20(18,19)13-7-10-5-4-6-16(3)12(10)17/h4-6,13H,7H2,1-3H3,(H,14,15). The first kappa shape index (κ1) is 14.5. The normalized spacial score (nSPS) is 11.8. The van der Waals surface area contributed by atoms with Gasteiger partial charge in [-0.05, 0) is 19.9 Å². The van der Waals surface area contributed by atoms with Crippen LogP contribution in [-0.2, 0) is 23.6 Å². The molecule has 0 unspecified atom stereocenters. The summed E-state index contributed by atoms with van der Waals surface area (Å²) in [5, 5.41) is 6.49. The van der Waals surface area contributed by atoms with Crippen molar-refractivity contribution < 1.29 is 8.42 Å². The highest BCUT2D eigenvalue weighted by Gasteiger charge is 2.22. The van der Waals surface area contributed by atoms with Crippen LogP contribution in [0.25, 0.3) is 0 Å². The van der Waals surface area contributed by atoms with Gasteiger partial charge in [-0.25, -0.2) is 13.1 Å². The first-order valence-electron chi connectivity index (χ1n) is 5.98. The molecule has 0 saturated heterocycles. The fraction of sp³-hybridized carbons (Fsp3) is 0.333. The Morgan fingerprint density at radius 3 is 2.70 bits per heavy atom. The van der Waals surface area contributed by atoms with Crippen LogP contribution < -0.4 is 10.3 Å². The molecule has 0 bridgehead atoms. The molecule has 2 aromatic rings. The quantitative estimate of drug-likeness (QED) is 0.842. The molecule has 20 heavy (non-hydrogen) atoms. The van der Waals surface area contributed by atoms with Crippen molar-refractivity contribution >= 4 is 10.0 Å². The molecule has 2 rings (SSSR count). The van der Waals surface area contributed by atoms with E-state index in [-0.39, 0.29) is 17.0 Å². The van der Waals surface area contributed by atoms with Gasteiger partial charge in [0.25, 0.3) is 5.56 Å². The molecule has 0 radical (unpaired) electrons. The van der Waals surface area contributed by atoms with Gasteiger partial charge in [-0.15, -0.1) is 0 Å². The van der Waals surface area contributed by atoms with Crippen molar-refractivity contribution in [2.45, 2.75) is 25.3 Å². The van der Waals surface area contributed by atoms with Crippen molar-refractivity contribution in [3.05, 3.63) is 45.6 Å². The van der Waals surface area contributed by atoms with Crippen molar-refractivity contribution in [2.75, 3.05) is 0 Å². The van der Waals surface area contributed by atoms with Crippen molar-refractivity contribution in [1.29, 1.82) is 0 Å². The van der Waals surface area contributed by atoms with Crippen LogP contribution >= 0.6 is 0 Å². The van der Waals surface area contributed by atoms with Crippen molar-refractivity contribution in [1.82, 2.24) is 19.5 Å². The minimum absolute atomic E-state index is 0.0556. The molecule has 108 valence electrons. The lowest BCUT2D eigenvalue weighted by atomic mass is 10.3. The number of pyridine rings is 1. The van der Waals surface area contributed by atoms with Gasteiger partial charge in [-0.1, -0.05) is 6.07 Å². The Kier molecular flexibility index (Phi) is 3.78. The largest absolute Gasteiger partial charge is 0.318 e. The molecule has 0 atom stereocenters. The molecular weight excluding hydrogens is 280 g/mol. The number of aromatic amines is 1. The minimum Gasteiger partial charge on any atom is -0.318 e. The Bertz CT molecular complexity index is 770. The van der Waals surface area contributed by atoms with E-state index in [1.807, 2.05) is 0 Å². The molecule has 7 nitrogen and oxygen atoms in total. The third-order valence-corrected chi connectivity index (χ3v) is 4.65.